The Morgan fingerprint density at radius 2 is 1.67 bits per heavy atom. The quantitative estimate of drug-likeness (QED) is 0.867. The van der Waals surface area contributed by atoms with Gasteiger partial charge in [-0.25, -0.2) is 0 Å². The molecular formula is C18H26N6. The molecule has 0 N–H and O–H groups in total. The van der Waals surface area contributed by atoms with E-state index in [2.05, 4.69) is 37.5 Å². The summed E-state index contributed by atoms with van der Waals surface area (Å²) in [7, 11) is 0. The number of likely N-dealkylation sites (tertiary alicyclic amines) is 1. The van der Waals surface area contributed by atoms with Gasteiger partial charge in [-0.1, -0.05) is 36.1 Å². The number of hydrogen-bond acceptors (Lipinski definition) is 5. The average Bonchev–Trinajstić information content (AvgIpc) is 2.98. The largest absolute Gasteiger partial charge is 0.338 e. The molecule has 1 unspecified atom stereocenters. The lowest BCUT2D eigenvalue weighted by Gasteiger charge is -2.39. The topological polar surface area (TPSA) is 50.1 Å². The van der Waals surface area contributed by atoms with Crippen LogP contribution in [-0.4, -0.2) is 57.3 Å². The number of anilines is 1. The highest BCUT2D eigenvalue weighted by atomic mass is 15.6. The van der Waals surface area contributed by atoms with Gasteiger partial charge in [-0.05, 0) is 61.3 Å². The minimum absolute atomic E-state index is 0.637. The van der Waals surface area contributed by atoms with Gasteiger partial charge >= 0.3 is 0 Å². The Bertz CT molecular complexity index is 632. The van der Waals surface area contributed by atoms with E-state index in [1.807, 2.05) is 22.9 Å². The minimum atomic E-state index is 0.637. The van der Waals surface area contributed by atoms with Crippen LogP contribution < -0.4 is 4.90 Å². The first-order valence-corrected chi connectivity index (χ1v) is 9.24. The Morgan fingerprint density at radius 3 is 2.46 bits per heavy atom. The van der Waals surface area contributed by atoms with Crippen LogP contribution in [0.25, 0.3) is 5.69 Å². The normalized spacial score (nSPS) is 23.2. The maximum absolute atomic E-state index is 4.32. The fourth-order valence-electron chi connectivity index (χ4n) is 4.01. The maximum atomic E-state index is 4.32. The molecule has 2 aromatic rings. The fraction of sp³-hybridized carbons (Fsp3) is 0.611. The number of tetrazole rings is 1. The third-order valence-electron chi connectivity index (χ3n) is 5.29. The zero-order valence-electron chi connectivity index (χ0n) is 14.2. The van der Waals surface area contributed by atoms with E-state index in [-0.39, 0.29) is 0 Å². The van der Waals surface area contributed by atoms with Gasteiger partial charge in [-0.3, -0.25) is 4.90 Å². The lowest BCUT2D eigenvalue weighted by atomic mass is 10.0. The Hall–Kier alpha value is -1.95. The van der Waals surface area contributed by atoms with Crippen LogP contribution in [-0.2, 0) is 0 Å². The van der Waals surface area contributed by atoms with E-state index in [1.165, 1.54) is 51.6 Å². The van der Waals surface area contributed by atoms with Crippen molar-refractivity contribution in [1.29, 1.82) is 0 Å². The summed E-state index contributed by atoms with van der Waals surface area (Å²) in [6, 6.07) is 10.8. The first-order chi connectivity index (χ1) is 11.9. The summed E-state index contributed by atoms with van der Waals surface area (Å²) in [5, 5.41) is 12.5. The number of aromatic nitrogens is 4. The van der Waals surface area contributed by atoms with E-state index < -0.39 is 0 Å². The number of piperidine rings is 1. The molecule has 0 bridgehead atoms. The maximum Gasteiger partial charge on any atom is 0.250 e. The highest BCUT2D eigenvalue weighted by Gasteiger charge is 2.28. The van der Waals surface area contributed by atoms with Crippen molar-refractivity contribution in [2.24, 2.45) is 0 Å². The van der Waals surface area contributed by atoms with Gasteiger partial charge < -0.3 is 4.90 Å². The van der Waals surface area contributed by atoms with E-state index in [1.54, 1.807) is 0 Å². The Kier molecular flexibility index (Phi) is 4.74. The van der Waals surface area contributed by atoms with Gasteiger partial charge in [0.25, 0.3) is 0 Å². The van der Waals surface area contributed by atoms with Crippen LogP contribution in [0.4, 0.5) is 5.95 Å². The molecule has 1 aromatic carbocycles. The number of para-hydroxylation sites is 1. The standard InChI is InChI=1S/C18H26N6/c1-2-7-13-22(12-6-1)17-11-8-14-23(15-17)18-19-20-21-24(18)16-9-4-3-5-10-16/h3-5,9-10,17H,1-2,6-8,11-15H2. The number of rotatable bonds is 3. The second-order valence-corrected chi connectivity index (χ2v) is 6.92. The summed E-state index contributed by atoms with van der Waals surface area (Å²) < 4.78 is 1.87. The molecular weight excluding hydrogens is 300 g/mol. The second kappa shape index (κ2) is 7.30. The first-order valence-electron chi connectivity index (χ1n) is 9.24. The van der Waals surface area contributed by atoms with Crippen LogP contribution in [0.3, 0.4) is 0 Å². The van der Waals surface area contributed by atoms with Gasteiger partial charge in [0.05, 0.1) is 5.69 Å². The van der Waals surface area contributed by atoms with Gasteiger partial charge in [-0.15, -0.1) is 0 Å². The van der Waals surface area contributed by atoms with Crippen molar-refractivity contribution >= 4 is 5.95 Å². The van der Waals surface area contributed by atoms with Crippen molar-refractivity contribution in [1.82, 2.24) is 25.1 Å². The number of nitrogens with zero attached hydrogens (tertiary/aromatic N) is 6. The van der Waals surface area contributed by atoms with Gasteiger partial charge in [-0.2, -0.15) is 4.68 Å². The molecule has 0 spiro atoms. The van der Waals surface area contributed by atoms with Gasteiger partial charge in [0.2, 0.25) is 5.95 Å². The fourth-order valence-corrected chi connectivity index (χ4v) is 4.01. The zero-order valence-corrected chi connectivity index (χ0v) is 14.2. The molecule has 6 heteroatoms. The van der Waals surface area contributed by atoms with Crippen molar-refractivity contribution in [3.05, 3.63) is 30.3 Å². The Morgan fingerprint density at radius 1 is 0.875 bits per heavy atom. The van der Waals surface area contributed by atoms with E-state index in [0.29, 0.717) is 6.04 Å². The molecule has 2 aliphatic heterocycles. The van der Waals surface area contributed by atoms with Crippen LogP contribution in [0.1, 0.15) is 38.5 Å². The second-order valence-electron chi connectivity index (χ2n) is 6.92. The summed E-state index contributed by atoms with van der Waals surface area (Å²) in [6.45, 7) is 4.58. The Balaban J connectivity index is 1.51. The monoisotopic (exact) mass is 326 g/mol. The molecule has 0 amide bonds. The number of hydrogen-bond donors (Lipinski definition) is 0. The molecule has 24 heavy (non-hydrogen) atoms. The molecule has 3 heterocycles. The molecule has 0 saturated carbocycles. The van der Waals surface area contributed by atoms with E-state index >= 15 is 0 Å². The third kappa shape index (κ3) is 3.29. The lowest BCUT2D eigenvalue weighted by molar-refractivity contribution is 0.181. The van der Waals surface area contributed by atoms with Crippen molar-refractivity contribution in [3.63, 3.8) is 0 Å². The smallest absolute Gasteiger partial charge is 0.250 e. The van der Waals surface area contributed by atoms with Crippen molar-refractivity contribution < 1.29 is 0 Å². The molecule has 6 nitrogen and oxygen atoms in total. The third-order valence-corrected chi connectivity index (χ3v) is 5.29. The van der Waals surface area contributed by atoms with Crippen molar-refractivity contribution in [2.75, 3.05) is 31.1 Å². The molecule has 1 aromatic heterocycles. The van der Waals surface area contributed by atoms with Gasteiger partial charge in [0, 0.05) is 19.1 Å². The minimum Gasteiger partial charge on any atom is -0.338 e. The van der Waals surface area contributed by atoms with E-state index in [4.69, 9.17) is 0 Å². The molecule has 2 fully saturated rings. The zero-order chi connectivity index (χ0) is 16.2. The van der Waals surface area contributed by atoms with Gasteiger partial charge in [0.15, 0.2) is 0 Å². The van der Waals surface area contributed by atoms with E-state index in [0.717, 1.165) is 24.7 Å². The highest BCUT2D eigenvalue weighted by Crippen LogP contribution is 2.24. The summed E-state index contributed by atoms with van der Waals surface area (Å²) in [5.41, 5.74) is 1.02. The molecule has 0 aliphatic carbocycles. The highest BCUT2D eigenvalue weighted by molar-refractivity contribution is 5.41. The number of benzene rings is 1. The van der Waals surface area contributed by atoms with Crippen LogP contribution in [0.2, 0.25) is 0 Å². The molecule has 2 aliphatic rings. The summed E-state index contributed by atoms with van der Waals surface area (Å²) in [5.74, 6) is 0.876. The molecule has 4 rings (SSSR count). The van der Waals surface area contributed by atoms with Crippen LogP contribution in [0, 0.1) is 0 Å². The molecule has 2 saturated heterocycles. The SMILES string of the molecule is c1ccc(-n2nnnc2N2CCCC(N3CCCCCC3)C2)cc1. The summed E-state index contributed by atoms with van der Waals surface area (Å²) in [4.78, 5) is 5.07. The Labute approximate surface area is 143 Å². The molecule has 0 radical (unpaired) electrons. The van der Waals surface area contributed by atoms with Crippen molar-refractivity contribution in [3.8, 4) is 5.69 Å². The van der Waals surface area contributed by atoms with Crippen LogP contribution in [0.15, 0.2) is 30.3 Å². The molecule has 128 valence electrons. The molecule has 1 atom stereocenters. The lowest BCUT2D eigenvalue weighted by Crippen LogP contribution is -2.49. The predicted octanol–water partition coefficient (Wildman–Crippen LogP) is 2.51. The summed E-state index contributed by atoms with van der Waals surface area (Å²) >= 11 is 0. The predicted molar refractivity (Wildman–Crippen MR) is 94.4 cm³/mol. The average molecular weight is 326 g/mol. The van der Waals surface area contributed by atoms with Gasteiger partial charge in [0.1, 0.15) is 0 Å². The van der Waals surface area contributed by atoms with Crippen LogP contribution in [0.5, 0.6) is 0 Å². The van der Waals surface area contributed by atoms with E-state index in [9.17, 15) is 0 Å². The summed E-state index contributed by atoms with van der Waals surface area (Å²) in [6.07, 6.45) is 7.97. The first kappa shape index (κ1) is 15.6. The van der Waals surface area contributed by atoms with Crippen molar-refractivity contribution in [2.45, 2.75) is 44.6 Å². The van der Waals surface area contributed by atoms with Crippen LogP contribution >= 0.6 is 0 Å².